The number of carboxylic acid groups (broad SMARTS) is 1. The average Bonchev–Trinajstić information content (AvgIpc) is 2.30. The van der Waals surface area contributed by atoms with Gasteiger partial charge in [-0.3, -0.25) is 4.90 Å². The zero-order chi connectivity index (χ0) is 10.4. The number of aliphatic carboxylic acids is 1. The van der Waals surface area contributed by atoms with Crippen molar-refractivity contribution < 1.29 is 9.90 Å². The molecule has 0 spiro atoms. The highest BCUT2D eigenvalue weighted by Crippen LogP contribution is 2.15. The van der Waals surface area contributed by atoms with Gasteiger partial charge in [0.05, 0.1) is 0 Å². The van der Waals surface area contributed by atoms with Crippen LogP contribution in [0.5, 0.6) is 0 Å². The van der Waals surface area contributed by atoms with Crippen LogP contribution < -0.4 is 0 Å². The van der Waals surface area contributed by atoms with Gasteiger partial charge in [0.2, 0.25) is 0 Å². The summed E-state index contributed by atoms with van der Waals surface area (Å²) in [4.78, 5) is 12.6. The van der Waals surface area contributed by atoms with Crippen molar-refractivity contribution in [3.63, 3.8) is 0 Å². The molecule has 1 unspecified atom stereocenters. The molecule has 0 bridgehead atoms. The second-order valence-corrected chi connectivity index (χ2v) is 4.08. The van der Waals surface area contributed by atoms with Crippen molar-refractivity contribution in [1.29, 1.82) is 0 Å². The van der Waals surface area contributed by atoms with Crippen molar-refractivity contribution in [2.45, 2.75) is 26.2 Å². The van der Waals surface area contributed by atoms with E-state index in [-0.39, 0.29) is 0 Å². The third-order valence-corrected chi connectivity index (χ3v) is 2.73. The third kappa shape index (κ3) is 4.42. The average molecular weight is 197 g/mol. The third-order valence-electron chi connectivity index (χ3n) is 2.73. The summed E-state index contributed by atoms with van der Waals surface area (Å²) in [6.07, 6.45) is 6.74. The summed E-state index contributed by atoms with van der Waals surface area (Å²) in [7, 11) is 0. The molecule has 14 heavy (non-hydrogen) atoms. The van der Waals surface area contributed by atoms with Crippen molar-refractivity contribution in [3.05, 3.63) is 12.2 Å². The Balaban J connectivity index is 2.27. The van der Waals surface area contributed by atoms with Crippen LogP contribution in [0.25, 0.3) is 0 Å². The fourth-order valence-corrected chi connectivity index (χ4v) is 1.81. The van der Waals surface area contributed by atoms with Gasteiger partial charge >= 0.3 is 5.97 Å². The van der Waals surface area contributed by atoms with Gasteiger partial charge in [-0.1, -0.05) is 13.0 Å². The van der Waals surface area contributed by atoms with Crippen LogP contribution in [-0.4, -0.2) is 35.6 Å². The summed E-state index contributed by atoms with van der Waals surface area (Å²) < 4.78 is 0. The molecule has 0 radical (unpaired) electrons. The second kappa shape index (κ2) is 5.81. The molecule has 0 saturated carbocycles. The van der Waals surface area contributed by atoms with Gasteiger partial charge in [0.1, 0.15) is 0 Å². The predicted molar refractivity (Wildman–Crippen MR) is 56.2 cm³/mol. The number of likely N-dealkylation sites (tertiary alicyclic amines) is 1. The first-order valence-electron chi connectivity index (χ1n) is 5.30. The Labute approximate surface area is 85.4 Å². The maximum absolute atomic E-state index is 10.3. The summed E-state index contributed by atoms with van der Waals surface area (Å²) >= 11 is 0. The zero-order valence-electron chi connectivity index (χ0n) is 8.78. The number of hydrogen-bond donors (Lipinski definition) is 1. The maximum Gasteiger partial charge on any atom is 0.328 e. The molecule has 0 aliphatic carbocycles. The van der Waals surface area contributed by atoms with Crippen molar-refractivity contribution >= 4 is 5.97 Å². The predicted octanol–water partition coefficient (Wildman–Crippen LogP) is 1.75. The molecule has 80 valence electrons. The lowest BCUT2D eigenvalue weighted by Crippen LogP contribution is -2.24. The van der Waals surface area contributed by atoms with Gasteiger partial charge in [0.15, 0.2) is 0 Å². The van der Waals surface area contributed by atoms with Crippen molar-refractivity contribution in [1.82, 2.24) is 4.90 Å². The molecule has 1 heterocycles. The van der Waals surface area contributed by atoms with E-state index in [4.69, 9.17) is 5.11 Å². The minimum absolute atomic E-state index is 0.777. The molecule has 1 rings (SSSR count). The van der Waals surface area contributed by atoms with Crippen LogP contribution in [0.15, 0.2) is 12.2 Å². The monoisotopic (exact) mass is 197 g/mol. The van der Waals surface area contributed by atoms with E-state index in [0.29, 0.717) is 0 Å². The molecule has 0 aromatic heterocycles. The Kier molecular flexibility index (Phi) is 4.66. The fourth-order valence-electron chi connectivity index (χ4n) is 1.81. The number of carbonyl (C=O) groups is 1. The van der Waals surface area contributed by atoms with E-state index in [9.17, 15) is 4.79 Å². The van der Waals surface area contributed by atoms with Crippen LogP contribution in [0.3, 0.4) is 0 Å². The number of carboxylic acids is 1. The van der Waals surface area contributed by atoms with Gasteiger partial charge in [0, 0.05) is 12.6 Å². The van der Waals surface area contributed by atoms with Gasteiger partial charge in [-0.25, -0.2) is 4.79 Å². The van der Waals surface area contributed by atoms with Gasteiger partial charge in [-0.15, -0.1) is 0 Å². The SMILES string of the molecule is CC1CCCN(CC=CC(=O)O)CC1. The van der Waals surface area contributed by atoms with Crippen molar-refractivity contribution in [2.24, 2.45) is 5.92 Å². The normalized spacial score (nSPS) is 25.1. The fraction of sp³-hybridized carbons (Fsp3) is 0.727. The molecule has 0 aromatic rings. The first-order chi connectivity index (χ1) is 6.68. The number of hydrogen-bond acceptors (Lipinski definition) is 2. The lowest BCUT2D eigenvalue weighted by molar-refractivity contribution is -0.131. The molecule has 0 aromatic carbocycles. The highest BCUT2D eigenvalue weighted by molar-refractivity contribution is 5.79. The van der Waals surface area contributed by atoms with Crippen LogP contribution in [0.4, 0.5) is 0 Å². The molecule has 1 saturated heterocycles. The minimum Gasteiger partial charge on any atom is -0.478 e. The molecular weight excluding hydrogens is 178 g/mol. The first kappa shape index (κ1) is 11.2. The molecule has 1 atom stereocenters. The van der Waals surface area contributed by atoms with E-state index >= 15 is 0 Å². The largest absolute Gasteiger partial charge is 0.478 e. The lowest BCUT2D eigenvalue weighted by atomic mass is 10.0. The standard InChI is InChI=1S/C11H19NO2/c1-10-4-2-7-12(9-6-10)8-3-5-11(13)14/h3,5,10H,2,4,6-9H2,1H3,(H,13,14). The minimum atomic E-state index is -0.854. The maximum atomic E-state index is 10.3. The summed E-state index contributed by atoms with van der Waals surface area (Å²) in [5.41, 5.74) is 0. The van der Waals surface area contributed by atoms with E-state index in [2.05, 4.69) is 11.8 Å². The number of rotatable bonds is 3. The Morgan fingerprint density at radius 1 is 1.50 bits per heavy atom. The molecule has 0 amide bonds. The molecule has 3 heteroatoms. The lowest BCUT2D eigenvalue weighted by Gasteiger charge is -2.17. The Morgan fingerprint density at radius 3 is 3.00 bits per heavy atom. The molecule has 1 aliphatic heterocycles. The van der Waals surface area contributed by atoms with Crippen LogP contribution in [-0.2, 0) is 4.79 Å². The van der Waals surface area contributed by atoms with E-state index in [1.54, 1.807) is 6.08 Å². The van der Waals surface area contributed by atoms with Crippen LogP contribution >= 0.6 is 0 Å². The molecule has 3 nitrogen and oxygen atoms in total. The van der Waals surface area contributed by atoms with Crippen molar-refractivity contribution in [2.75, 3.05) is 19.6 Å². The summed E-state index contributed by atoms with van der Waals surface area (Å²) in [5.74, 6) is -0.0309. The molecule has 1 fully saturated rings. The second-order valence-electron chi connectivity index (χ2n) is 4.08. The molecule has 1 aliphatic rings. The molecular formula is C11H19NO2. The Hall–Kier alpha value is -0.830. The van der Waals surface area contributed by atoms with Gasteiger partial charge in [0.25, 0.3) is 0 Å². The summed E-state index contributed by atoms with van der Waals surface area (Å²) in [5, 5.41) is 8.44. The van der Waals surface area contributed by atoms with Crippen LogP contribution in [0, 0.1) is 5.92 Å². The van der Waals surface area contributed by atoms with Gasteiger partial charge < -0.3 is 5.11 Å². The smallest absolute Gasteiger partial charge is 0.328 e. The quantitative estimate of drug-likeness (QED) is 0.701. The molecule has 1 N–H and O–H groups in total. The van der Waals surface area contributed by atoms with Crippen LogP contribution in [0.1, 0.15) is 26.2 Å². The first-order valence-corrected chi connectivity index (χ1v) is 5.30. The van der Waals surface area contributed by atoms with Crippen molar-refractivity contribution in [3.8, 4) is 0 Å². The highest BCUT2D eigenvalue weighted by Gasteiger charge is 2.11. The Bertz CT molecular complexity index is 213. The number of nitrogens with zero attached hydrogens (tertiary/aromatic N) is 1. The topological polar surface area (TPSA) is 40.5 Å². The van der Waals surface area contributed by atoms with Gasteiger partial charge in [-0.05, 0) is 38.3 Å². The van der Waals surface area contributed by atoms with Crippen LogP contribution in [0.2, 0.25) is 0 Å². The summed E-state index contributed by atoms with van der Waals surface area (Å²) in [6.45, 7) is 5.27. The van der Waals surface area contributed by atoms with E-state index in [1.165, 1.54) is 25.3 Å². The zero-order valence-corrected chi connectivity index (χ0v) is 8.78. The Morgan fingerprint density at radius 2 is 2.29 bits per heavy atom. The van der Waals surface area contributed by atoms with E-state index in [0.717, 1.165) is 25.6 Å². The summed E-state index contributed by atoms with van der Waals surface area (Å²) in [6, 6.07) is 0. The highest BCUT2D eigenvalue weighted by atomic mass is 16.4. The van der Waals surface area contributed by atoms with Gasteiger partial charge in [-0.2, -0.15) is 0 Å². The van der Waals surface area contributed by atoms with E-state index < -0.39 is 5.97 Å². The van der Waals surface area contributed by atoms with E-state index in [1.807, 2.05) is 0 Å².